The van der Waals surface area contributed by atoms with Gasteiger partial charge in [-0.2, -0.15) is 0 Å². The SMILES string of the molecule is CNCC(c1ccc2cc(OC)ccc2c1)N(C)C. The number of likely N-dealkylation sites (N-methyl/N-ethyl adjacent to an activating group) is 2. The highest BCUT2D eigenvalue weighted by molar-refractivity contribution is 5.84. The maximum Gasteiger partial charge on any atom is 0.119 e. The molecule has 2 aromatic rings. The van der Waals surface area contributed by atoms with Crippen LogP contribution in [0.5, 0.6) is 5.75 Å². The largest absolute Gasteiger partial charge is 0.497 e. The number of hydrogen-bond acceptors (Lipinski definition) is 3. The maximum atomic E-state index is 5.26. The van der Waals surface area contributed by atoms with Crippen molar-refractivity contribution in [2.45, 2.75) is 6.04 Å². The summed E-state index contributed by atoms with van der Waals surface area (Å²) >= 11 is 0. The molecule has 0 fully saturated rings. The molecule has 0 aliphatic heterocycles. The van der Waals surface area contributed by atoms with Gasteiger partial charge < -0.3 is 15.0 Å². The highest BCUT2D eigenvalue weighted by atomic mass is 16.5. The van der Waals surface area contributed by atoms with Gasteiger partial charge >= 0.3 is 0 Å². The summed E-state index contributed by atoms with van der Waals surface area (Å²) in [6, 6.07) is 13.2. The van der Waals surface area contributed by atoms with Crippen molar-refractivity contribution in [1.82, 2.24) is 10.2 Å². The number of hydrogen-bond donors (Lipinski definition) is 1. The third-order valence-electron chi connectivity index (χ3n) is 3.48. The van der Waals surface area contributed by atoms with Crippen LogP contribution in [0.25, 0.3) is 10.8 Å². The van der Waals surface area contributed by atoms with Gasteiger partial charge in [0.05, 0.1) is 7.11 Å². The van der Waals surface area contributed by atoms with Gasteiger partial charge in [0.25, 0.3) is 0 Å². The van der Waals surface area contributed by atoms with Crippen molar-refractivity contribution in [3.05, 3.63) is 42.0 Å². The summed E-state index contributed by atoms with van der Waals surface area (Å²) in [6.45, 7) is 0.939. The van der Waals surface area contributed by atoms with Crippen LogP contribution in [0.2, 0.25) is 0 Å². The van der Waals surface area contributed by atoms with Gasteiger partial charge in [0, 0.05) is 12.6 Å². The fourth-order valence-corrected chi connectivity index (χ4v) is 2.37. The second kappa shape index (κ2) is 6.04. The van der Waals surface area contributed by atoms with Crippen LogP contribution in [0.3, 0.4) is 0 Å². The van der Waals surface area contributed by atoms with E-state index in [9.17, 15) is 0 Å². The van der Waals surface area contributed by atoms with E-state index >= 15 is 0 Å². The second-order valence-corrected chi connectivity index (χ2v) is 5.01. The Kier molecular flexibility index (Phi) is 4.40. The van der Waals surface area contributed by atoms with Crippen molar-refractivity contribution >= 4 is 10.8 Å². The molecule has 1 unspecified atom stereocenters. The van der Waals surface area contributed by atoms with E-state index in [0.717, 1.165) is 12.3 Å². The first-order chi connectivity index (χ1) is 9.15. The van der Waals surface area contributed by atoms with Crippen molar-refractivity contribution < 1.29 is 4.74 Å². The monoisotopic (exact) mass is 258 g/mol. The van der Waals surface area contributed by atoms with Crippen molar-refractivity contribution in [1.29, 1.82) is 0 Å². The van der Waals surface area contributed by atoms with Gasteiger partial charge in [-0.25, -0.2) is 0 Å². The number of methoxy groups -OCH3 is 1. The third kappa shape index (κ3) is 3.06. The molecule has 0 saturated heterocycles. The number of nitrogens with one attached hydrogen (secondary N) is 1. The van der Waals surface area contributed by atoms with E-state index in [1.807, 2.05) is 13.1 Å². The third-order valence-corrected chi connectivity index (χ3v) is 3.48. The first-order valence-electron chi connectivity index (χ1n) is 6.54. The lowest BCUT2D eigenvalue weighted by Crippen LogP contribution is -2.29. The van der Waals surface area contributed by atoms with Crippen molar-refractivity contribution in [2.75, 3.05) is 34.8 Å². The molecule has 0 saturated carbocycles. The molecular weight excluding hydrogens is 236 g/mol. The molecule has 0 bridgehead atoms. The average Bonchev–Trinajstić information content (AvgIpc) is 2.43. The molecule has 0 radical (unpaired) electrons. The Morgan fingerprint density at radius 3 is 2.42 bits per heavy atom. The number of rotatable bonds is 5. The maximum absolute atomic E-state index is 5.26. The summed E-state index contributed by atoms with van der Waals surface area (Å²) in [7, 11) is 7.91. The topological polar surface area (TPSA) is 24.5 Å². The molecular formula is C16H22N2O. The fraction of sp³-hybridized carbons (Fsp3) is 0.375. The molecule has 0 spiro atoms. The lowest BCUT2D eigenvalue weighted by molar-refractivity contribution is 0.294. The molecule has 0 heterocycles. The van der Waals surface area contributed by atoms with Gasteiger partial charge in [0.1, 0.15) is 5.75 Å². The van der Waals surface area contributed by atoms with Crippen LogP contribution in [0.4, 0.5) is 0 Å². The van der Waals surface area contributed by atoms with E-state index in [4.69, 9.17) is 4.74 Å². The zero-order valence-electron chi connectivity index (χ0n) is 12.1. The summed E-state index contributed by atoms with van der Waals surface area (Å²) in [6.07, 6.45) is 0. The molecule has 0 aromatic heterocycles. The van der Waals surface area contributed by atoms with Crippen LogP contribution >= 0.6 is 0 Å². The van der Waals surface area contributed by atoms with Crippen LogP contribution in [0, 0.1) is 0 Å². The minimum atomic E-state index is 0.386. The Balaban J connectivity index is 2.40. The normalized spacial score (nSPS) is 12.9. The minimum Gasteiger partial charge on any atom is -0.497 e. The van der Waals surface area contributed by atoms with E-state index in [2.05, 4.69) is 54.6 Å². The zero-order valence-corrected chi connectivity index (χ0v) is 12.1. The minimum absolute atomic E-state index is 0.386. The number of benzene rings is 2. The molecule has 102 valence electrons. The van der Waals surface area contributed by atoms with E-state index < -0.39 is 0 Å². The quantitative estimate of drug-likeness (QED) is 0.892. The second-order valence-electron chi connectivity index (χ2n) is 5.01. The first-order valence-corrected chi connectivity index (χ1v) is 6.54. The van der Waals surface area contributed by atoms with Crippen LogP contribution in [-0.2, 0) is 0 Å². The zero-order chi connectivity index (χ0) is 13.8. The summed E-state index contributed by atoms with van der Waals surface area (Å²) < 4.78 is 5.26. The van der Waals surface area contributed by atoms with E-state index in [0.29, 0.717) is 6.04 Å². The molecule has 3 nitrogen and oxygen atoms in total. The van der Waals surface area contributed by atoms with Crippen LogP contribution < -0.4 is 10.1 Å². The number of nitrogens with zero attached hydrogens (tertiary/aromatic N) is 1. The van der Waals surface area contributed by atoms with Gasteiger partial charge in [-0.1, -0.05) is 18.2 Å². The van der Waals surface area contributed by atoms with E-state index in [1.54, 1.807) is 7.11 Å². The molecule has 1 atom stereocenters. The van der Waals surface area contributed by atoms with Gasteiger partial charge in [0.2, 0.25) is 0 Å². The number of fused-ring (bicyclic) bond motifs is 1. The first kappa shape index (κ1) is 13.8. The smallest absolute Gasteiger partial charge is 0.119 e. The fourth-order valence-electron chi connectivity index (χ4n) is 2.37. The van der Waals surface area contributed by atoms with Gasteiger partial charge in [-0.05, 0) is 55.7 Å². The Bertz CT molecular complexity index is 551. The Morgan fingerprint density at radius 1 is 1.11 bits per heavy atom. The molecule has 3 heteroatoms. The highest BCUT2D eigenvalue weighted by Gasteiger charge is 2.13. The van der Waals surface area contributed by atoms with Crippen LogP contribution in [0.15, 0.2) is 36.4 Å². The highest BCUT2D eigenvalue weighted by Crippen LogP contribution is 2.25. The lowest BCUT2D eigenvalue weighted by Gasteiger charge is -2.24. The summed E-state index contributed by atoms with van der Waals surface area (Å²) in [5.74, 6) is 0.902. The Labute approximate surface area is 115 Å². The lowest BCUT2D eigenvalue weighted by atomic mass is 10.0. The standard InChI is InChI=1S/C16H22N2O/c1-17-11-16(18(2)3)14-6-5-13-10-15(19-4)8-7-12(13)9-14/h5-10,16-17H,11H2,1-4H3. The van der Waals surface area contributed by atoms with Gasteiger partial charge in [-0.3, -0.25) is 0 Å². The predicted molar refractivity (Wildman–Crippen MR) is 80.9 cm³/mol. The van der Waals surface area contributed by atoms with Crippen LogP contribution in [-0.4, -0.2) is 39.7 Å². The van der Waals surface area contributed by atoms with E-state index in [-0.39, 0.29) is 0 Å². The molecule has 1 N–H and O–H groups in total. The van der Waals surface area contributed by atoms with Gasteiger partial charge in [0.15, 0.2) is 0 Å². The van der Waals surface area contributed by atoms with Crippen LogP contribution in [0.1, 0.15) is 11.6 Å². The van der Waals surface area contributed by atoms with Gasteiger partial charge in [-0.15, -0.1) is 0 Å². The van der Waals surface area contributed by atoms with Crippen molar-refractivity contribution in [3.8, 4) is 5.75 Å². The molecule has 2 rings (SSSR count). The van der Waals surface area contributed by atoms with E-state index in [1.165, 1.54) is 16.3 Å². The molecule has 19 heavy (non-hydrogen) atoms. The summed E-state index contributed by atoms with van der Waals surface area (Å²) in [5, 5.41) is 5.72. The predicted octanol–water partition coefficient (Wildman–Crippen LogP) is 2.67. The Hall–Kier alpha value is -1.58. The molecule has 0 aliphatic rings. The van der Waals surface area contributed by atoms with Crippen molar-refractivity contribution in [3.63, 3.8) is 0 Å². The molecule has 0 amide bonds. The number of ether oxygens (including phenoxy) is 1. The van der Waals surface area contributed by atoms with Crippen molar-refractivity contribution in [2.24, 2.45) is 0 Å². The summed E-state index contributed by atoms with van der Waals surface area (Å²) in [4.78, 5) is 2.24. The molecule has 2 aromatic carbocycles. The summed E-state index contributed by atoms with van der Waals surface area (Å²) in [5.41, 5.74) is 1.33. The Morgan fingerprint density at radius 2 is 1.79 bits per heavy atom. The average molecular weight is 258 g/mol. The molecule has 0 aliphatic carbocycles.